The molecule has 0 aliphatic heterocycles. The predicted octanol–water partition coefficient (Wildman–Crippen LogP) is 9.48. The lowest BCUT2D eigenvalue weighted by Crippen LogP contribution is -2.32. The smallest absolute Gasteiger partial charge is 0.407 e. The highest BCUT2D eigenvalue weighted by molar-refractivity contribution is 6.06. The van der Waals surface area contributed by atoms with Crippen molar-refractivity contribution in [3.63, 3.8) is 0 Å². The zero-order valence-electron chi connectivity index (χ0n) is 35.8. The van der Waals surface area contributed by atoms with Crippen molar-refractivity contribution in [2.75, 3.05) is 16.4 Å². The Labute approximate surface area is 365 Å². The minimum Gasteiger partial charge on any atom is -0.508 e. The highest BCUT2D eigenvalue weighted by atomic mass is 19.1. The Morgan fingerprint density at radius 2 is 1.14 bits per heavy atom. The normalized spacial score (nSPS) is 11.0. The number of alkyl carbamates (subject to hydrolysis) is 2. The number of halogens is 1. The summed E-state index contributed by atoms with van der Waals surface area (Å²) in [7, 11) is 0. The second-order valence-electron chi connectivity index (χ2n) is 16.1. The van der Waals surface area contributed by atoms with Crippen molar-refractivity contribution in [1.29, 1.82) is 0 Å². The van der Waals surface area contributed by atoms with E-state index in [-0.39, 0.29) is 36.0 Å². The van der Waals surface area contributed by atoms with Gasteiger partial charge in [0.05, 0.1) is 11.9 Å². The molecule has 0 aliphatic carbocycles. The lowest BCUT2D eigenvalue weighted by atomic mass is 9.96. The summed E-state index contributed by atoms with van der Waals surface area (Å²) in [5.41, 5.74) is 11.2. The lowest BCUT2D eigenvalue weighted by molar-refractivity contribution is 0.0512. The van der Waals surface area contributed by atoms with Gasteiger partial charge in [0.25, 0.3) is 11.8 Å². The van der Waals surface area contributed by atoms with Gasteiger partial charge >= 0.3 is 12.2 Å². The average molecular weight is 856 g/mol. The van der Waals surface area contributed by atoms with Crippen LogP contribution in [-0.4, -0.2) is 50.3 Å². The molecular weight excluding hydrogens is 806 g/mol. The topological polar surface area (TPSA) is 207 Å². The first-order valence-corrected chi connectivity index (χ1v) is 19.8. The average Bonchev–Trinajstić information content (AvgIpc) is 3.22. The third-order valence-electron chi connectivity index (χ3n) is 8.70. The number of carbonyl (C=O) groups excluding carboxylic acids is 4. The van der Waals surface area contributed by atoms with E-state index in [1.54, 1.807) is 121 Å². The van der Waals surface area contributed by atoms with Crippen molar-refractivity contribution in [3.05, 3.63) is 156 Å². The zero-order chi connectivity index (χ0) is 45.7. The number of nitrogens with zero attached hydrogens (tertiary/aromatic N) is 2. The van der Waals surface area contributed by atoms with E-state index in [9.17, 15) is 28.7 Å². The van der Waals surface area contributed by atoms with Crippen molar-refractivity contribution in [1.82, 2.24) is 20.6 Å². The molecule has 6 aromatic rings. The van der Waals surface area contributed by atoms with Gasteiger partial charge in [0.15, 0.2) is 5.82 Å². The van der Waals surface area contributed by atoms with Gasteiger partial charge in [-0.15, -0.1) is 0 Å². The molecule has 63 heavy (non-hydrogen) atoms. The van der Waals surface area contributed by atoms with Gasteiger partial charge in [-0.25, -0.2) is 14.0 Å². The molecule has 0 saturated carbocycles. The fraction of sp³-hybridized carbons (Fsp3) is 0.208. The number of phenols is 1. The second kappa shape index (κ2) is 20.6. The van der Waals surface area contributed by atoms with Crippen LogP contribution in [0.2, 0.25) is 0 Å². The van der Waals surface area contributed by atoms with E-state index >= 15 is 0 Å². The van der Waals surface area contributed by atoms with E-state index in [0.29, 0.717) is 33.6 Å². The van der Waals surface area contributed by atoms with Crippen LogP contribution in [0.4, 0.5) is 31.0 Å². The predicted molar refractivity (Wildman–Crippen MR) is 240 cm³/mol. The zero-order valence-corrected chi connectivity index (χ0v) is 35.8. The summed E-state index contributed by atoms with van der Waals surface area (Å²) in [5, 5.41) is 20.7. The van der Waals surface area contributed by atoms with E-state index in [2.05, 4.69) is 31.2 Å². The summed E-state index contributed by atoms with van der Waals surface area (Å²) in [6, 6.07) is 28.9. The quantitative estimate of drug-likeness (QED) is 0.0720. The van der Waals surface area contributed by atoms with E-state index in [4.69, 9.17) is 15.2 Å². The van der Waals surface area contributed by atoms with Gasteiger partial charge in [-0.3, -0.25) is 19.6 Å². The van der Waals surface area contributed by atoms with Crippen molar-refractivity contribution in [2.24, 2.45) is 0 Å². The van der Waals surface area contributed by atoms with E-state index in [1.165, 1.54) is 18.3 Å². The molecule has 4 amide bonds. The molecule has 14 nitrogen and oxygen atoms in total. The van der Waals surface area contributed by atoms with Crippen molar-refractivity contribution in [2.45, 2.75) is 65.8 Å². The van der Waals surface area contributed by atoms with Gasteiger partial charge in [-0.1, -0.05) is 36.4 Å². The van der Waals surface area contributed by atoms with Crippen LogP contribution in [0.3, 0.4) is 0 Å². The third kappa shape index (κ3) is 14.4. The number of ether oxygens (including phenoxy) is 2. The van der Waals surface area contributed by atoms with Crippen molar-refractivity contribution >= 4 is 41.1 Å². The van der Waals surface area contributed by atoms with Crippen LogP contribution >= 0.6 is 0 Å². The first-order chi connectivity index (χ1) is 29.8. The monoisotopic (exact) mass is 855 g/mol. The number of aromatic nitrogens is 2. The molecular formula is C48H50FN7O7. The highest BCUT2D eigenvalue weighted by Gasteiger charge is 2.20. The Morgan fingerprint density at radius 3 is 1.65 bits per heavy atom. The van der Waals surface area contributed by atoms with Gasteiger partial charge in [0.2, 0.25) is 0 Å². The number of nitrogens with one attached hydrogen (secondary N) is 4. The Balaban J connectivity index is 0.000000238. The van der Waals surface area contributed by atoms with Crippen LogP contribution in [0.15, 0.2) is 128 Å². The minimum atomic E-state index is -0.646. The molecule has 326 valence electrons. The number of carbonyl (C=O) groups is 4. The minimum absolute atomic E-state index is 0.0135. The van der Waals surface area contributed by atoms with Gasteiger partial charge in [0.1, 0.15) is 17.0 Å². The standard InChI is InChI=1S/C24H24FN3O4.C24H26N4O3/c1-24(2,3)32-23(31)27-13-17-8-7-16(12-19(17)15-5-4-6-18(29)11-15)22(30)28-21-9-10-26-14-20(21)25;1-24(2,3)31-23(30)27-15-18-8-7-17(22(29)28-20-9-11-26-12-10-20)14-21(18)16-5-4-6-19(25)13-16/h4-12,14,29H,13H2,1-3H3,(H,27,31)(H,26,28,30);4-14H,15,25H2,1-3H3,(H,27,30)(H,26,28,29). The summed E-state index contributed by atoms with van der Waals surface area (Å²) in [4.78, 5) is 57.2. The molecule has 0 unspecified atom stereocenters. The number of rotatable bonds is 10. The lowest BCUT2D eigenvalue weighted by Gasteiger charge is -2.20. The van der Waals surface area contributed by atoms with Gasteiger partial charge in [0, 0.05) is 54.2 Å². The summed E-state index contributed by atoms with van der Waals surface area (Å²) < 4.78 is 24.4. The highest BCUT2D eigenvalue weighted by Crippen LogP contribution is 2.30. The summed E-state index contributed by atoms with van der Waals surface area (Å²) >= 11 is 0. The van der Waals surface area contributed by atoms with E-state index in [0.717, 1.165) is 22.9 Å². The summed E-state index contributed by atoms with van der Waals surface area (Å²) in [5.74, 6) is -1.35. The number of aromatic hydroxyl groups is 1. The number of anilines is 3. The maximum atomic E-state index is 13.9. The molecule has 0 fully saturated rings. The first-order valence-electron chi connectivity index (χ1n) is 19.8. The Kier molecular flexibility index (Phi) is 15.2. The molecule has 0 saturated heterocycles. The number of nitrogen functional groups attached to an aromatic ring is 1. The molecule has 6 rings (SSSR count). The maximum Gasteiger partial charge on any atom is 0.407 e. The SMILES string of the molecule is CC(C)(C)OC(=O)NCc1ccc(C(=O)Nc2ccncc2)cc1-c1cccc(N)c1.CC(C)(C)OC(=O)NCc1ccc(C(=O)Nc2ccncc2F)cc1-c1cccc(O)c1. The maximum absolute atomic E-state index is 13.9. The van der Waals surface area contributed by atoms with Crippen LogP contribution in [0.1, 0.15) is 73.4 Å². The molecule has 0 spiro atoms. The van der Waals surface area contributed by atoms with Crippen LogP contribution in [0.25, 0.3) is 22.3 Å². The molecule has 0 bridgehead atoms. The number of amides is 4. The van der Waals surface area contributed by atoms with E-state index < -0.39 is 35.1 Å². The second-order valence-corrected chi connectivity index (χ2v) is 16.1. The molecule has 4 aromatic carbocycles. The Hall–Kier alpha value is -7.81. The van der Waals surface area contributed by atoms with Gasteiger partial charge in [-0.2, -0.15) is 0 Å². The summed E-state index contributed by atoms with van der Waals surface area (Å²) in [6.45, 7) is 11.1. The van der Waals surface area contributed by atoms with E-state index in [1.807, 2.05) is 24.3 Å². The number of hydrogen-bond donors (Lipinski definition) is 6. The number of pyridine rings is 2. The molecule has 0 atom stereocenters. The summed E-state index contributed by atoms with van der Waals surface area (Å²) in [6.07, 6.45) is 4.53. The van der Waals surface area contributed by atoms with Crippen LogP contribution in [0, 0.1) is 5.82 Å². The number of phenolic OH excluding ortho intramolecular Hbond substituents is 1. The largest absolute Gasteiger partial charge is 0.508 e. The van der Waals surface area contributed by atoms with Crippen molar-refractivity contribution in [3.8, 4) is 28.0 Å². The first kappa shape index (κ1) is 46.3. The third-order valence-corrected chi connectivity index (χ3v) is 8.70. The number of benzene rings is 4. The number of hydrogen-bond acceptors (Lipinski definition) is 10. The Morgan fingerprint density at radius 1 is 0.635 bits per heavy atom. The molecule has 7 N–H and O–H groups in total. The Bertz CT molecular complexity index is 2570. The fourth-order valence-electron chi connectivity index (χ4n) is 5.93. The fourth-order valence-corrected chi connectivity index (χ4v) is 5.93. The molecule has 2 heterocycles. The molecule has 0 radical (unpaired) electrons. The van der Waals surface area contributed by atoms with Crippen molar-refractivity contribution < 1.29 is 38.1 Å². The van der Waals surface area contributed by atoms with Crippen LogP contribution < -0.4 is 27.0 Å². The molecule has 0 aliphatic rings. The molecule has 15 heteroatoms. The van der Waals surface area contributed by atoms with Crippen LogP contribution in [-0.2, 0) is 22.6 Å². The van der Waals surface area contributed by atoms with Gasteiger partial charge in [-0.05, 0) is 142 Å². The van der Waals surface area contributed by atoms with Gasteiger partial charge < -0.3 is 41.6 Å². The molecule has 2 aromatic heterocycles. The van der Waals surface area contributed by atoms with Crippen LogP contribution in [0.5, 0.6) is 5.75 Å². The number of nitrogens with two attached hydrogens (primary N) is 1.